The van der Waals surface area contributed by atoms with E-state index in [0.29, 0.717) is 5.69 Å². The Bertz CT molecular complexity index is 432. The first-order valence-corrected chi connectivity index (χ1v) is 4.32. The third-order valence-corrected chi connectivity index (χ3v) is 1.85. The number of phenols is 1. The van der Waals surface area contributed by atoms with Crippen molar-refractivity contribution in [2.24, 2.45) is 4.99 Å². The zero-order chi connectivity index (χ0) is 9.80. The van der Waals surface area contributed by atoms with Crippen molar-refractivity contribution in [1.82, 2.24) is 4.98 Å². The van der Waals surface area contributed by atoms with Crippen LogP contribution in [0.1, 0.15) is 5.69 Å². The van der Waals surface area contributed by atoms with Crippen molar-refractivity contribution in [3.63, 3.8) is 0 Å². The average molecular weight is 186 g/mol. The van der Waals surface area contributed by atoms with Crippen molar-refractivity contribution in [3.8, 4) is 5.75 Å². The summed E-state index contributed by atoms with van der Waals surface area (Å²) < 4.78 is 0. The number of hydrogen-bond acceptors (Lipinski definition) is 2. The summed E-state index contributed by atoms with van der Waals surface area (Å²) in [4.78, 5) is 7.14. The Balaban J connectivity index is 2.23. The number of benzene rings is 1. The molecule has 0 aliphatic rings. The minimum atomic E-state index is 0.190. The Hall–Kier alpha value is -2.03. The van der Waals surface area contributed by atoms with Gasteiger partial charge in [0.2, 0.25) is 0 Å². The molecule has 3 nitrogen and oxygen atoms in total. The SMILES string of the molecule is Oc1ccccc1/N=C/c1ccc[nH]1. The number of nitrogens with zero attached hydrogens (tertiary/aromatic N) is 1. The third kappa shape index (κ3) is 1.82. The fourth-order valence-corrected chi connectivity index (χ4v) is 1.14. The molecule has 2 rings (SSSR count). The second-order valence-electron chi connectivity index (χ2n) is 2.87. The molecule has 1 aromatic heterocycles. The maximum Gasteiger partial charge on any atom is 0.141 e. The van der Waals surface area contributed by atoms with Gasteiger partial charge in [-0.15, -0.1) is 0 Å². The summed E-state index contributed by atoms with van der Waals surface area (Å²) in [6, 6.07) is 10.8. The predicted molar refractivity (Wildman–Crippen MR) is 56.2 cm³/mol. The fraction of sp³-hybridized carbons (Fsp3) is 0. The van der Waals surface area contributed by atoms with Gasteiger partial charge in [0, 0.05) is 6.20 Å². The van der Waals surface area contributed by atoms with Crippen molar-refractivity contribution in [3.05, 3.63) is 48.3 Å². The molecule has 0 spiro atoms. The van der Waals surface area contributed by atoms with Gasteiger partial charge >= 0.3 is 0 Å². The van der Waals surface area contributed by atoms with Crippen molar-refractivity contribution >= 4 is 11.9 Å². The monoisotopic (exact) mass is 186 g/mol. The van der Waals surface area contributed by atoms with Crippen LogP contribution in [0.2, 0.25) is 0 Å². The smallest absolute Gasteiger partial charge is 0.141 e. The van der Waals surface area contributed by atoms with E-state index in [1.54, 1.807) is 24.4 Å². The average Bonchev–Trinajstić information content (AvgIpc) is 2.69. The van der Waals surface area contributed by atoms with Crippen molar-refractivity contribution in [2.75, 3.05) is 0 Å². The molecular formula is C11H10N2O. The van der Waals surface area contributed by atoms with E-state index in [1.807, 2.05) is 24.4 Å². The number of H-pyrrole nitrogens is 1. The Morgan fingerprint density at radius 3 is 2.71 bits per heavy atom. The first-order chi connectivity index (χ1) is 6.86. The number of phenolic OH excluding ortho intramolecular Hbond substituents is 1. The highest BCUT2D eigenvalue weighted by molar-refractivity contribution is 5.80. The minimum Gasteiger partial charge on any atom is -0.506 e. The summed E-state index contributed by atoms with van der Waals surface area (Å²) in [6.45, 7) is 0. The zero-order valence-corrected chi connectivity index (χ0v) is 7.51. The zero-order valence-electron chi connectivity index (χ0n) is 7.51. The van der Waals surface area contributed by atoms with E-state index in [1.165, 1.54) is 0 Å². The number of aromatic nitrogens is 1. The lowest BCUT2D eigenvalue weighted by Gasteiger charge is -1.95. The largest absolute Gasteiger partial charge is 0.506 e. The van der Waals surface area contributed by atoms with Crippen LogP contribution in [0.4, 0.5) is 5.69 Å². The summed E-state index contributed by atoms with van der Waals surface area (Å²) >= 11 is 0. The molecule has 70 valence electrons. The van der Waals surface area contributed by atoms with Gasteiger partial charge in [-0.25, -0.2) is 0 Å². The van der Waals surface area contributed by atoms with Crippen molar-refractivity contribution in [1.29, 1.82) is 0 Å². The van der Waals surface area contributed by atoms with Crippen LogP contribution in [-0.2, 0) is 0 Å². The normalized spacial score (nSPS) is 10.9. The number of rotatable bonds is 2. The Labute approximate surface area is 81.8 Å². The summed E-state index contributed by atoms with van der Waals surface area (Å²) in [5.41, 5.74) is 1.48. The minimum absolute atomic E-state index is 0.190. The van der Waals surface area contributed by atoms with Crippen LogP contribution >= 0.6 is 0 Å². The first-order valence-electron chi connectivity index (χ1n) is 4.32. The Morgan fingerprint density at radius 1 is 1.14 bits per heavy atom. The van der Waals surface area contributed by atoms with E-state index in [9.17, 15) is 5.11 Å². The highest BCUT2D eigenvalue weighted by Gasteiger charge is 1.94. The molecule has 1 aromatic carbocycles. The molecule has 2 aromatic rings. The molecule has 0 aliphatic carbocycles. The molecule has 0 saturated heterocycles. The highest BCUT2D eigenvalue weighted by atomic mass is 16.3. The molecule has 0 radical (unpaired) electrons. The van der Waals surface area contributed by atoms with Gasteiger partial charge in [0.15, 0.2) is 0 Å². The molecule has 0 atom stereocenters. The van der Waals surface area contributed by atoms with Gasteiger partial charge in [-0.05, 0) is 24.3 Å². The van der Waals surface area contributed by atoms with E-state index in [-0.39, 0.29) is 5.75 Å². The number of hydrogen-bond donors (Lipinski definition) is 2. The van der Waals surface area contributed by atoms with Gasteiger partial charge in [0.25, 0.3) is 0 Å². The van der Waals surface area contributed by atoms with E-state index in [0.717, 1.165) is 5.69 Å². The molecule has 2 N–H and O–H groups in total. The quantitative estimate of drug-likeness (QED) is 0.695. The van der Waals surface area contributed by atoms with Crippen LogP contribution < -0.4 is 0 Å². The van der Waals surface area contributed by atoms with Gasteiger partial charge in [0.1, 0.15) is 11.4 Å². The lowest BCUT2D eigenvalue weighted by molar-refractivity contribution is 0.477. The second kappa shape index (κ2) is 3.79. The van der Waals surface area contributed by atoms with E-state index in [4.69, 9.17) is 0 Å². The fourth-order valence-electron chi connectivity index (χ4n) is 1.14. The Morgan fingerprint density at radius 2 is 2.00 bits per heavy atom. The maximum absolute atomic E-state index is 9.42. The number of nitrogens with one attached hydrogen (secondary N) is 1. The number of para-hydroxylation sites is 2. The molecule has 1 heterocycles. The summed E-state index contributed by atoms with van der Waals surface area (Å²) in [6.07, 6.45) is 3.50. The number of aromatic hydroxyl groups is 1. The lowest BCUT2D eigenvalue weighted by Crippen LogP contribution is -1.78. The molecule has 0 saturated carbocycles. The van der Waals surface area contributed by atoms with Crippen LogP contribution in [0.25, 0.3) is 0 Å². The molecule has 0 unspecified atom stereocenters. The second-order valence-corrected chi connectivity index (χ2v) is 2.87. The van der Waals surface area contributed by atoms with Crippen molar-refractivity contribution < 1.29 is 5.11 Å². The van der Waals surface area contributed by atoms with Crippen LogP contribution in [0, 0.1) is 0 Å². The van der Waals surface area contributed by atoms with Crippen LogP contribution in [0.5, 0.6) is 5.75 Å². The molecule has 0 bridgehead atoms. The van der Waals surface area contributed by atoms with Gasteiger partial charge < -0.3 is 10.1 Å². The van der Waals surface area contributed by atoms with E-state index >= 15 is 0 Å². The molecule has 0 aliphatic heterocycles. The molecule has 0 fully saturated rings. The number of aliphatic imine (C=N–C) groups is 1. The van der Waals surface area contributed by atoms with E-state index < -0.39 is 0 Å². The predicted octanol–water partition coefficient (Wildman–Crippen LogP) is 2.47. The number of aromatic amines is 1. The van der Waals surface area contributed by atoms with Crippen LogP contribution in [0.15, 0.2) is 47.6 Å². The highest BCUT2D eigenvalue weighted by Crippen LogP contribution is 2.24. The van der Waals surface area contributed by atoms with Crippen molar-refractivity contribution in [2.45, 2.75) is 0 Å². The molecule has 3 heteroatoms. The third-order valence-electron chi connectivity index (χ3n) is 1.85. The van der Waals surface area contributed by atoms with Gasteiger partial charge in [-0.2, -0.15) is 0 Å². The summed E-state index contributed by atoms with van der Waals surface area (Å²) in [7, 11) is 0. The summed E-state index contributed by atoms with van der Waals surface area (Å²) in [5.74, 6) is 0.190. The maximum atomic E-state index is 9.42. The molecular weight excluding hydrogens is 176 g/mol. The Kier molecular flexibility index (Phi) is 2.32. The standard InChI is InChI=1S/C11H10N2O/c14-11-6-2-1-5-10(11)13-8-9-4-3-7-12-9/h1-8,12,14H/b13-8+. The lowest BCUT2D eigenvalue weighted by atomic mass is 10.3. The van der Waals surface area contributed by atoms with Gasteiger partial charge in [-0.3, -0.25) is 4.99 Å². The summed E-state index contributed by atoms with van der Waals surface area (Å²) in [5, 5.41) is 9.42. The van der Waals surface area contributed by atoms with E-state index in [2.05, 4.69) is 9.98 Å². The molecule has 14 heavy (non-hydrogen) atoms. The van der Waals surface area contributed by atoms with Crippen LogP contribution in [0.3, 0.4) is 0 Å². The van der Waals surface area contributed by atoms with Crippen LogP contribution in [-0.4, -0.2) is 16.3 Å². The topological polar surface area (TPSA) is 48.4 Å². The van der Waals surface area contributed by atoms with Gasteiger partial charge in [0.05, 0.1) is 11.9 Å². The van der Waals surface area contributed by atoms with Gasteiger partial charge in [-0.1, -0.05) is 12.1 Å². The molecule has 0 amide bonds. The first kappa shape index (κ1) is 8.56.